The molecule has 0 spiro atoms. The van der Waals surface area contributed by atoms with Crippen LogP contribution in [0, 0.1) is 0 Å². The van der Waals surface area contributed by atoms with Crippen molar-refractivity contribution < 1.29 is 19.4 Å². The van der Waals surface area contributed by atoms with Crippen molar-refractivity contribution in [2.24, 2.45) is 0 Å². The molecule has 1 amide bonds. The average Bonchev–Trinajstić information content (AvgIpc) is 3.17. The van der Waals surface area contributed by atoms with Crippen LogP contribution in [0.15, 0.2) is 27.9 Å². The van der Waals surface area contributed by atoms with Gasteiger partial charge in [0.2, 0.25) is 5.91 Å². The largest absolute Gasteiger partial charge is 0.476 e. The number of carbonyl (C=O) groups excluding carboxylic acids is 1. The average molecular weight is 476 g/mol. The Morgan fingerprint density at radius 2 is 2.21 bits per heavy atom. The predicted molar refractivity (Wildman–Crippen MR) is 114 cm³/mol. The highest BCUT2D eigenvalue weighted by atomic mass is 35.5. The fourth-order valence-electron chi connectivity index (χ4n) is 2.77. The number of amides is 1. The summed E-state index contributed by atoms with van der Waals surface area (Å²) in [6, 6.07) is 5.60. The van der Waals surface area contributed by atoms with Crippen molar-refractivity contribution in [3.05, 3.63) is 44.9 Å². The third-order valence-electron chi connectivity index (χ3n) is 4.17. The first-order valence-electron chi connectivity index (χ1n) is 8.77. The van der Waals surface area contributed by atoms with Gasteiger partial charge >= 0.3 is 5.97 Å². The SMILES string of the molecule is O=C(CSc1nc(C(=O)O)cs1)NC[C@H]1CN(Cc2ccc(Cl)c(Cl)c2)CCO1. The minimum Gasteiger partial charge on any atom is -0.476 e. The van der Waals surface area contributed by atoms with E-state index < -0.39 is 5.97 Å². The molecule has 0 saturated carbocycles. The molecule has 1 saturated heterocycles. The molecule has 1 fully saturated rings. The Bertz CT molecular complexity index is 881. The van der Waals surface area contributed by atoms with Gasteiger partial charge in [-0.3, -0.25) is 9.69 Å². The van der Waals surface area contributed by atoms with E-state index >= 15 is 0 Å². The van der Waals surface area contributed by atoms with Crippen molar-refractivity contribution in [2.45, 2.75) is 17.0 Å². The van der Waals surface area contributed by atoms with E-state index in [0.717, 1.165) is 18.7 Å². The Labute approximate surface area is 186 Å². The molecule has 1 atom stereocenters. The quantitative estimate of drug-likeness (QED) is 0.565. The number of carboxylic acid groups (broad SMARTS) is 1. The van der Waals surface area contributed by atoms with Gasteiger partial charge in [-0.1, -0.05) is 41.0 Å². The molecule has 2 aromatic rings. The summed E-state index contributed by atoms with van der Waals surface area (Å²) in [5, 5.41) is 14.3. The lowest BCUT2D eigenvalue weighted by atomic mass is 10.2. The molecule has 0 unspecified atom stereocenters. The Hall–Kier alpha value is -1.36. The number of aromatic nitrogens is 1. The van der Waals surface area contributed by atoms with Crippen molar-refractivity contribution >= 4 is 58.2 Å². The first-order valence-corrected chi connectivity index (χ1v) is 11.4. The molecule has 156 valence electrons. The van der Waals surface area contributed by atoms with Gasteiger partial charge in [-0.15, -0.1) is 11.3 Å². The standard InChI is InChI=1S/C18H19Cl2N3O4S2/c19-13-2-1-11(5-14(13)20)7-23-3-4-27-12(8-23)6-21-16(24)10-29-18-22-15(9-28-18)17(25)26/h1-2,5,9,12H,3-4,6-8,10H2,(H,21,24)(H,25,26)/t12-/m0/s1. The van der Waals surface area contributed by atoms with Crippen LogP contribution >= 0.6 is 46.3 Å². The Balaban J connectivity index is 1.40. The van der Waals surface area contributed by atoms with Crippen molar-refractivity contribution in [1.82, 2.24) is 15.2 Å². The number of carbonyl (C=O) groups is 2. The number of carboxylic acids is 1. The second-order valence-electron chi connectivity index (χ2n) is 6.37. The maximum Gasteiger partial charge on any atom is 0.355 e. The number of benzene rings is 1. The summed E-state index contributed by atoms with van der Waals surface area (Å²) in [7, 11) is 0. The normalized spacial score (nSPS) is 17.2. The number of thioether (sulfide) groups is 1. The van der Waals surface area contributed by atoms with Gasteiger partial charge in [0.1, 0.15) is 0 Å². The van der Waals surface area contributed by atoms with E-state index in [9.17, 15) is 9.59 Å². The van der Waals surface area contributed by atoms with E-state index in [2.05, 4.69) is 15.2 Å². The van der Waals surface area contributed by atoms with Crippen LogP contribution in [-0.4, -0.2) is 65.0 Å². The van der Waals surface area contributed by atoms with E-state index in [1.165, 1.54) is 28.5 Å². The number of nitrogens with one attached hydrogen (secondary N) is 1. The zero-order valence-electron chi connectivity index (χ0n) is 15.3. The van der Waals surface area contributed by atoms with Gasteiger partial charge in [0, 0.05) is 31.6 Å². The lowest BCUT2D eigenvalue weighted by Crippen LogP contribution is -2.47. The summed E-state index contributed by atoms with van der Waals surface area (Å²) < 4.78 is 6.30. The van der Waals surface area contributed by atoms with Gasteiger partial charge in [-0.2, -0.15) is 0 Å². The van der Waals surface area contributed by atoms with Gasteiger partial charge in [-0.25, -0.2) is 9.78 Å². The third kappa shape index (κ3) is 6.84. The zero-order valence-corrected chi connectivity index (χ0v) is 18.4. The number of hydrogen-bond donors (Lipinski definition) is 2. The molecule has 1 aliphatic rings. The minimum atomic E-state index is -1.07. The van der Waals surface area contributed by atoms with Crippen LogP contribution in [0.4, 0.5) is 0 Å². The molecule has 7 nitrogen and oxygen atoms in total. The lowest BCUT2D eigenvalue weighted by Gasteiger charge is -2.33. The monoisotopic (exact) mass is 475 g/mol. The number of morpholine rings is 1. The molecule has 1 aromatic carbocycles. The molecule has 0 radical (unpaired) electrons. The minimum absolute atomic E-state index is 0.00409. The van der Waals surface area contributed by atoms with E-state index in [4.69, 9.17) is 33.0 Å². The topological polar surface area (TPSA) is 91.8 Å². The highest BCUT2D eigenvalue weighted by molar-refractivity contribution is 8.01. The van der Waals surface area contributed by atoms with Gasteiger partial charge in [-0.05, 0) is 17.7 Å². The summed E-state index contributed by atoms with van der Waals surface area (Å²) in [5.74, 6) is -1.04. The predicted octanol–water partition coefficient (Wildman–Crippen LogP) is 3.26. The smallest absolute Gasteiger partial charge is 0.355 e. The molecule has 11 heteroatoms. The molecule has 3 rings (SSSR count). The van der Waals surface area contributed by atoms with Gasteiger partial charge in [0.05, 0.1) is 28.5 Å². The second kappa shape index (κ2) is 10.6. The number of hydrogen-bond acceptors (Lipinski definition) is 7. The first-order chi connectivity index (χ1) is 13.9. The van der Waals surface area contributed by atoms with Crippen LogP contribution in [0.5, 0.6) is 0 Å². The molecular weight excluding hydrogens is 457 g/mol. The Morgan fingerprint density at radius 1 is 1.38 bits per heavy atom. The van der Waals surface area contributed by atoms with Crippen LogP contribution in [-0.2, 0) is 16.1 Å². The summed E-state index contributed by atoms with van der Waals surface area (Å²) >= 11 is 14.5. The van der Waals surface area contributed by atoms with E-state index in [1.807, 2.05) is 12.1 Å². The summed E-state index contributed by atoms with van der Waals surface area (Å²) in [5.41, 5.74) is 1.07. The molecule has 1 aliphatic heterocycles. The van der Waals surface area contributed by atoms with Crippen LogP contribution in [0.2, 0.25) is 10.0 Å². The van der Waals surface area contributed by atoms with Crippen molar-refractivity contribution in [2.75, 3.05) is 32.0 Å². The molecule has 0 bridgehead atoms. The van der Waals surface area contributed by atoms with Crippen LogP contribution in [0.25, 0.3) is 0 Å². The molecule has 1 aromatic heterocycles. The van der Waals surface area contributed by atoms with Crippen molar-refractivity contribution in [1.29, 1.82) is 0 Å². The number of halogens is 2. The van der Waals surface area contributed by atoms with Crippen molar-refractivity contribution in [3.8, 4) is 0 Å². The molecule has 0 aliphatic carbocycles. The van der Waals surface area contributed by atoms with Gasteiger partial charge < -0.3 is 15.2 Å². The van der Waals surface area contributed by atoms with Gasteiger partial charge in [0.15, 0.2) is 10.0 Å². The summed E-state index contributed by atoms with van der Waals surface area (Å²) in [6.07, 6.45) is -0.0982. The third-order valence-corrected chi connectivity index (χ3v) is 6.93. The van der Waals surface area contributed by atoms with Crippen LogP contribution in [0.3, 0.4) is 0 Å². The summed E-state index contributed by atoms with van der Waals surface area (Å²) in [6.45, 7) is 3.23. The fraction of sp³-hybridized carbons (Fsp3) is 0.389. The highest BCUT2D eigenvalue weighted by Crippen LogP contribution is 2.24. The van der Waals surface area contributed by atoms with Crippen molar-refractivity contribution in [3.63, 3.8) is 0 Å². The molecule has 2 heterocycles. The fourth-order valence-corrected chi connectivity index (χ4v) is 4.72. The Kier molecular flexibility index (Phi) is 8.16. The first kappa shape index (κ1) is 22.3. The van der Waals surface area contributed by atoms with E-state index in [1.54, 1.807) is 6.07 Å². The van der Waals surface area contributed by atoms with E-state index in [-0.39, 0.29) is 23.5 Å². The number of thiazole rings is 1. The van der Waals surface area contributed by atoms with Gasteiger partial charge in [0.25, 0.3) is 0 Å². The number of nitrogens with zero attached hydrogens (tertiary/aromatic N) is 2. The molecule has 29 heavy (non-hydrogen) atoms. The molecular formula is C18H19Cl2N3O4S2. The Morgan fingerprint density at radius 3 is 2.93 bits per heavy atom. The highest BCUT2D eigenvalue weighted by Gasteiger charge is 2.21. The number of ether oxygens (including phenoxy) is 1. The van der Waals surface area contributed by atoms with E-state index in [0.29, 0.717) is 34.1 Å². The zero-order chi connectivity index (χ0) is 20.8. The second-order valence-corrected chi connectivity index (χ2v) is 9.27. The van der Waals surface area contributed by atoms with Crippen LogP contribution < -0.4 is 5.32 Å². The van der Waals surface area contributed by atoms with Crippen LogP contribution in [0.1, 0.15) is 16.1 Å². The maximum atomic E-state index is 12.1. The number of aromatic carboxylic acids is 1. The number of rotatable bonds is 8. The maximum absolute atomic E-state index is 12.1. The lowest BCUT2D eigenvalue weighted by molar-refractivity contribution is -0.119. The molecule has 2 N–H and O–H groups in total. The summed E-state index contributed by atoms with van der Waals surface area (Å²) in [4.78, 5) is 29.1.